The van der Waals surface area contributed by atoms with Gasteiger partial charge in [0.05, 0.1) is 11.5 Å². The summed E-state index contributed by atoms with van der Waals surface area (Å²) in [5.74, 6) is -0.0686. The number of hydrogen-bond donors (Lipinski definition) is 2. The van der Waals surface area contributed by atoms with Crippen LogP contribution in [-0.4, -0.2) is 12.5 Å². The first-order chi connectivity index (χ1) is 9.74. The number of amides is 1. The van der Waals surface area contributed by atoms with E-state index in [0.717, 1.165) is 12.1 Å². The van der Waals surface area contributed by atoms with Crippen molar-refractivity contribution in [1.82, 2.24) is 5.32 Å². The third-order valence-corrected chi connectivity index (χ3v) is 3.16. The molecule has 1 atom stereocenters. The van der Waals surface area contributed by atoms with E-state index in [1.54, 1.807) is 0 Å². The van der Waals surface area contributed by atoms with Gasteiger partial charge in [0.25, 0.3) is 0 Å². The normalized spacial score (nSPS) is 13.3. The molecule has 0 radical (unpaired) electrons. The molecule has 1 amide bonds. The van der Waals surface area contributed by atoms with E-state index < -0.39 is 11.7 Å². The van der Waals surface area contributed by atoms with Gasteiger partial charge in [-0.25, -0.2) is 0 Å². The molecule has 21 heavy (non-hydrogen) atoms. The van der Waals surface area contributed by atoms with E-state index in [9.17, 15) is 18.0 Å². The van der Waals surface area contributed by atoms with Crippen molar-refractivity contribution < 1.29 is 18.0 Å². The molecular formula is C15H21F3N2O. The minimum absolute atomic E-state index is 0.161. The summed E-state index contributed by atoms with van der Waals surface area (Å²) >= 11 is 0. The molecule has 0 saturated heterocycles. The molecule has 0 fully saturated rings. The quantitative estimate of drug-likeness (QED) is 0.849. The van der Waals surface area contributed by atoms with Crippen LogP contribution in [0.1, 0.15) is 31.4 Å². The molecule has 118 valence electrons. The van der Waals surface area contributed by atoms with Gasteiger partial charge >= 0.3 is 6.18 Å². The topological polar surface area (TPSA) is 55.1 Å². The molecule has 0 aliphatic heterocycles. The molecule has 1 aromatic carbocycles. The maximum absolute atomic E-state index is 12.4. The number of nitrogens with two attached hydrogens (primary N) is 1. The predicted molar refractivity (Wildman–Crippen MR) is 75.3 cm³/mol. The Morgan fingerprint density at radius 3 is 2.24 bits per heavy atom. The van der Waals surface area contributed by atoms with Crippen molar-refractivity contribution in [3.63, 3.8) is 0 Å². The van der Waals surface area contributed by atoms with Gasteiger partial charge in [-0.2, -0.15) is 13.2 Å². The van der Waals surface area contributed by atoms with Crippen LogP contribution in [-0.2, 0) is 17.5 Å². The Bertz CT molecular complexity index is 455. The second-order valence-corrected chi connectivity index (χ2v) is 5.47. The van der Waals surface area contributed by atoms with Crippen LogP contribution < -0.4 is 11.1 Å². The lowest BCUT2D eigenvalue weighted by Gasteiger charge is -2.17. The highest BCUT2D eigenvalue weighted by Crippen LogP contribution is 2.29. The number of halogens is 3. The predicted octanol–water partition coefficient (Wildman–Crippen LogP) is 2.94. The average Bonchev–Trinajstić information content (AvgIpc) is 2.41. The van der Waals surface area contributed by atoms with Crippen molar-refractivity contribution in [1.29, 1.82) is 0 Å². The first kappa shape index (κ1) is 17.5. The number of nitrogens with one attached hydrogen (secondary N) is 1. The third kappa shape index (κ3) is 5.75. The number of carbonyl (C=O) groups is 1. The summed E-state index contributed by atoms with van der Waals surface area (Å²) in [7, 11) is 0. The Morgan fingerprint density at radius 1 is 1.24 bits per heavy atom. The lowest BCUT2D eigenvalue weighted by atomic mass is 9.96. The highest BCUT2D eigenvalue weighted by atomic mass is 19.4. The smallest absolute Gasteiger partial charge is 0.352 e. The summed E-state index contributed by atoms with van der Waals surface area (Å²) in [4.78, 5) is 11.9. The molecule has 0 aliphatic rings. The van der Waals surface area contributed by atoms with Crippen LogP contribution >= 0.6 is 0 Å². The van der Waals surface area contributed by atoms with Crippen LogP contribution in [0.3, 0.4) is 0 Å². The van der Waals surface area contributed by atoms with Gasteiger partial charge in [-0.3, -0.25) is 4.79 Å². The van der Waals surface area contributed by atoms with Crippen LogP contribution in [0, 0.1) is 11.8 Å². The largest absolute Gasteiger partial charge is 0.416 e. The summed E-state index contributed by atoms with van der Waals surface area (Å²) in [6.45, 7) is 4.47. The number of hydrogen-bond acceptors (Lipinski definition) is 2. The number of benzene rings is 1. The first-order valence-electron chi connectivity index (χ1n) is 6.88. The molecule has 0 saturated carbocycles. The fourth-order valence-electron chi connectivity index (χ4n) is 2.02. The second kappa shape index (κ2) is 7.45. The summed E-state index contributed by atoms with van der Waals surface area (Å²) in [5, 5.41) is 2.71. The fraction of sp³-hybridized carbons (Fsp3) is 0.533. The van der Waals surface area contributed by atoms with Crippen LogP contribution in [0.5, 0.6) is 0 Å². The molecule has 6 heteroatoms. The third-order valence-electron chi connectivity index (χ3n) is 3.16. The van der Waals surface area contributed by atoms with Crippen LogP contribution in [0.25, 0.3) is 0 Å². The zero-order chi connectivity index (χ0) is 16.0. The van der Waals surface area contributed by atoms with Gasteiger partial charge < -0.3 is 11.1 Å². The average molecular weight is 302 g/mol. The van der Waals surface area contributed by atoms with E-state index in [2.05, 4.69) is 5.32 Å². The maximum Gasteiger partial charge on any atom is 0.416 e. The molecule has 0 unspecified atom stereocenters. The van der Waals surface area contributed by atoms with Crippen LogP contribution in [0.2, 0.25) is 0 Å². The summed E-state index contributed by atoms with van der Waals surface area (Å²) in [6.07, 6.45) is -3.65. The fourth-order valence-corrected chi connectivity index (χ4v) is 2.02. The number of alkyl halides is 3. The van der Waals surface area contributed by atoms with Crippen molar-refractivity contribution in [2.24, 2.45) is 17.6 Å². The van der Waals surface area contributed by atoms with E-state index in [4.69, 9.17) is 5.73 Å². The molecule has 1 aromatic rings. The maximum atomic E-state index is 12.4. The van der Waals surface area contributed by atoms with E-state index in [0.29, 0.717) is 17.9 Å². The van der Waals surface area contributed by atoms with Crippen LogP contribution in [0.15, 0.2) is 24.3 Å². The minimum Gasteiger partial charge on any atom is -0.352 e. The zero-order valence-corrected chi connectivity index (χ0v) is 12.2. The van der Waals surface area contributed by atoms with Crippen molar-refractivity contribution in [2.75, 3.05) is 6.54 Å². The van der Waals surface area contributed by atoms with Gasteiger partial charge in [0.1, 0.15) is 0 Å². The molecule has 1 rings (SSSR count). The van der Waals surface area contributed by atoms with Crippen molar-refractivity contribution in [2.45, 2.75) is 33.0 Å². The van der Waals surface area contributed by atoms with Gasteiger partial charge in [0.2, 0.25) is 5.91 Å². The van der Waals surface area contributed by atoms with E-state index >= 15 is 0 Å². The SMILES string of the molecule is CC(C)C[C@@H](CN)C(=O)NCc1ccc(C(F)(F)F)cc1. The Kier molecular flexibility index (Phi) is 6.20. The Hall–Kier alpha value is -1.56. The molecule has 0 heterocycles. The van der Waals surface area contributed by atoms with E-state index in [1.807, 2.05) is 13.8 Å². The Morgan fingerprint density at radius 2 is 1.81 bits per heavy atom. The molecule has 3 N–H and O–H groups in total. The van der Waals surface area contributed by atoms with Gasteiger partial charge in [0.15, 0.2) is 0 Å². The number of rotatable bonds is 6. The van der Waals surface area contributed by atoms with Crippen molar-refractivity contribution in [3.8, 4) is 0 Å². The van der Waals surface area contributed by atoms with Gasteiger partial charge in [-0.1, -0.05) is 26.0 Å². The molecule has 0 aliphatic carbocycles. The molecule has 3 nitrogen and oxygen atoms in total. The van der Waals surface area contributed by atoms with E-state index in [-0.39, 0.29) is 24.9 Å². The summed E-state index contributed by atoms with van der Waals surface area (Å²) in [6, 6.07) is 4.75. The van der Waals surface area contributed by atoms with E-state index in [1.165, 1.54) is 12.1 Å². The lowest BCUT2D eigenvalue weighted by molar-refractivity contribution is -0.137. The summed E-state index contributed by atoms with van der Waals surface area (Å²) < 4.78 is 37.3. The van der Waals surface area contributed by atoms with Crippen molar-refractivity contribution >= 4 is 5.91 Å². The van der Waals surface area contributed by atoms with Gasteiger partial charge in [0, 0.05) is 13.1 Å². The standard InChI is InChI=1S/C15H21F3N2O/c1-10(2)7-12(8-19)14(21)20-9-11-3-5-13(6-4-11)15(16,17)18/h3-6,10,12H,7-9,19H2,1-2H3,(H,20,21)/t12-/m0/s1. The highest BCUT2D eigenvalue weighted by molar-refractivity contribution is 5.78. The summed E-state index contributed by atoms with van der Waals surface area (Å²) in [5.41, 5.74) is 5.50. The lowest BCUT2D eigenvalue weighted by Crippen LogP contribution is -2.35. The molecule has 0 aromatic heterocycles. The Labute approximate surface area is 122 Å². The highest BCUT2D eigenvalue weighted by Gasteiger charge is 2.29. The molecule has 0 bridgehead atoms. The van der Waals surface area contributed by atoms with Crippen molar-refractivity contribution in [3.05, 3.63) is 35.4 Å². The monoisotopic (exact) mass is 302 g/mol. The first-order valence-corrected chi connectivity index (χ1v) is 6.88. The Balaban J connectivity index is 2.56. The van der Waals surface area contributed by atoms with Crippen LogP contribution in [0.4, 0.5) is 13.2 Å². The van der Waals surface area contributed by atoms with Gasteiger partial charge in [-0.15, -0.1) is 0 Å². The molecular weight excluding hydrogens is 281 g/mol. The zero-order valence-electron chi connectivity index (χ0n) is 12.2. The minimum atomic E-state index is -4.34. The molecule has 0 spiro atoms. The second-order valence-electron chi connectivity index (χ2n) is 5.47. The van der Waals surface area contributed by atoms with Gasteiger partial charge in [-0.05, 0) is 30.0 Å². The number of carbonyl (C=O) groups excluding carboxylic acids is 1.